The van der Waals surface area contributed by atoms with Gasteiger partial charge in [0.1, 0.15) is 5.56 Å². The van der Waals surface area contributed by atoms with Crippen molar-refractivity contribution in [2.45, 2.75) is 6.18 Å². The van der Waals surface area contributed by atoms with Crippen molar-refractivity contribution in [3.8, 4) is 0 Å². The lowest BCUT2D eigenvalue weighted by molar-refractivity contribution is -0.388. The molecule has 0 spiro atoms. The molecule has 0 heterocycles. The second-order valence-electron chi connectivity index (χ2n) is 2.96. The predicted octanol–water partition coefficient (Wildman–Crippen LogP) is 1.22. The molecule has 0 saturated carbocycles. The van der Waals surface area contributed by atoms with E-state index >= 15 is 0 Å². The fourth-order valence-corrected chi connectivity index (χ4v) is 1.15. The van der Waals surface area contributed by atoms with Crippen molar-refractivity contribution < 1.29 is 22.9 Å². The van der Waals surface area contributed by atoms with E-state index in [9.17, 15) is 28.1 Å². The number of halogens is 3. The van der Waals surface area contributed by atoms with Crippen molar-refractivity contribution in [3.63, 3.8) is 0 Å². The molecule has 0 unspecified atom stereocenters. The lowest BCUT2D eigenvalue weighted by atomic mass is 10.1. The maximum atomic E-state index is 12.5. The molecule has 0 aliphatic rings. The highest BCUT2D eigenvalue weighted by Gasteiger charge is 2.38. The fourth-order valence-electron chi connectivity index (χ4n) is 1.15. The van der Waals surface area contributed by atoms with Gasteiger partial charge in [0.25, 0.3) is 11.6 Å². The molecule has 1 amide bonds. The van der Waals surface area contributed by atoms with Gasteiger partial charge in [-0.2, -0.15) is 13.2 Å². The van der Waals surface area contributed by atoms with E-state index in [0.717, 1.165) is 6.07 Å². The zero-order valence-electron chi connectivity index (χ0n) is 8.12. The molecule has 0 saturated heterocycles. The third kappa shape index (κ3) is 2.69. The van der Waals surface area contributed by atoms with Crippen molar-refractivity contribution in [2.24, 2.45) is 5.84 Å². The number of nitrogen functional groups attached to an aromatic ring is 1. The third-order valence-electron chi connectivity index (χ3n) is 1.89. The molecule has 1 aromatic carbocycles. The summed E-state index contributed by atoms with van der Waals surface area (Å²) in [5, 5.41) is 10.4. The van der Waals surface area contributed by atoms with Gasteiger partial charge in [-0.3, -0.25) is 20.3 Å². The number of hydrazine groups is 1. The number of nitrogens with one attached hydrogen (secondary N) is 1. The Morgan fingerprint density at radius 3 is 2.41 bits per heavy atom. The number of rotatable bonds is 2. The number of amides is 1. The molecular weight excluding hydrogens is 243 g/mol. The Morgan fingerprint density at radius 1 is 1.41 bits per heavy atom. The van der Waals surface area contributed by atoms with Gasteiger partial charge >= 0.3 is 6.18 Å². The number of nitro groups is 1. The van der Waals surface area contributed by atoms with E-state index < -0.39 is 33.8 Å². The highest BCUT2D eigenvalue weighted by atomic mass is 19.4. The molecule has 3 N–H and O–H groups in total. The van der Waals surface area contributed by atoms with Gasteiger partial charge in [0.05, 0.1) is 4.92 Å². The van der Waals surface area contributed by atoms with Crippen LogP contribution < -0.4 is 11.3 Å². The number of nitro benzene ring substituents is 1. The minimum absolute atomic E-state index is 0.375. The number of alkyl halides is 3. The zero-order valence-corrected chi connectivity index (χ0v) is 8.12. The first kappa shape index (κ1) is 12.9. The van der Waals surface area contributed by atoms with Crippen LogP contribution in [0.2, 0.25) is 0 Å². The smallest absolute Gasteiger partial charge is 0.290 e. The van der Waals surface area contributed by atoms with Crippen LogP contribution in [0.3, 0.4) is 0 Å². The Kier molecular flexibility index (Phi) is 3.32. The zero-order chi connectivity index (χ0) is 13.2. The van der Waals surface area contributed by atoms with Crippen LogP contribution in [0.25, 0.3) is 0 Å². The van der Waals surface area contributed by atoms with Gasteiger partial charge in [-0.15, -0.1) is 0 Å². The molecule has 1 aromatic rings. The molecule has 0 radical (unpaired) electrons. The first-order valence-electron chi connectivity index (χ1n) is 4.14. The normalized spacial score (nSPS) is 11.1. The Bertz CT molecular complexity index is 473. The van der Waals surface area contributed by atoms with Gasteiger partial charge in [0.2, 0.25) is 0 Å². The SMILES string of the molecule is NNC(=O)c1ccc([N+](=O)[O-])c(C(F)(F)F)c1. The van der Waals surface area contributed by atoms with Gasteiger partial charge in [0.15, 0.2) is 0 Å². The van der Waals surface area contributed by atoms with Gasteiger partial charge in [-0.1, -0.05) is 0 Å². The Labute approximate surface area is 92.3 Å². The number of hydrogen-bond donors (Lipinski definition) is 2. The Balaban J connectivity index is 3.40. The monoisotopic (exact) mass is 249 g/mol. The number of hydrogen-bond acceptors (Lipinski definition) is 4. The summed E-state index contributed by atoms with van der Waals surface area (Å²) >= 11 is 0. The summed E-state index contributed by atoms with van der Waals surface area (Å²) in [5.41, 5.74) is -1.40. The van der Waals surface area contributed by atoms with E-state index in [1.165, 1.54) is 0 Å². The highest BCUT2D eigenvalue weighted by Crippen LogP contribution is 2.36. The standard InChI is InChI=1S/C8H6F3N3O3/c9-8(10,11)5-3-4(7(15)13-12)1-2-6(5)14(16)17/h1-3H,12H2,(H,13,15). The van der Waals surface area contributed by atoms with Crippen molar-refractivity contribution in [3.05, 3.63) is 39.4 Å². The molecule has 17 heavy (non-hydrogen) atoms. The number of nitrogens with zero attached hydrogens (tertiary/aromatic N) is 1. The number of carbonyl (C=O) groups excluding carboxylic acids is 1. The van der Waals surface area contributed by atoms with E-state index in [4.69, 9.17) is 5.84 Å². The van der Waals surface area contributed by atoms with Crippen LogP contribution in [0.1, 0.15) is 15.9 Å². The molecule has 0 atom stereocenters. The van der Waals surface area contributed by atoms with Gasteiger partial charge in [0, 0.05) is 11.6 Å². The molecule has 0 fully saturated rings. The third-order valence-corrected chi connectivity index (χ3v) is 1.89. The molecule has 6 nitrogen and oxygen atoms in total. The quantitative estimate of drug-likeness (QED) is 0.356. The van der Waals surface area contributed by atoms with E-state index in [1.54, 1.807) is 5.43 Å². The molecule has 9 heteroatoms. The summed E-state index contributed by atoms with van der Waals surface area (Å²) in [6.45, 7) is 0. The summed E-state index contributed by atoms with van der Waals surface area (Å²) in [7, 11) is 0. The summed E-state index contributed by atoms with van der Waals surface area (Å²) in [5.74, 6) is 3.78. The summed E-state index contributed by atoms with van der Waals surface area (Å²) in [4.78, 5) is 20.2. The maximum absolute atomic E-state index is 12.5. The van der Waals surface area contributed by atoms with E-state index in [0.29, 0.717) is 12.1 Å². The molecular formula is C8H6F3N3O3. The van der Waals surface area contributed by atoms with Crippen LogP contribution >= 0.6 is 0 Å². The molecule has 0 aliphatic heterocycles. The summed E-state index contributed by atoms with van der Waals surface area (Å²) in [6.07, 6.45) is -4.92. The second-order valence-corrected chi connectivity index (χ2v) is 2.96. The van der Waals surface area contributed by atoms with Crippen molar-refractivity contribution in [1.82, 2.24) is 5.43 Å². The van der Waals surface area contributed by atoms with Crippen molar-refractivity contribution in [2.75, 3.05) is 0 Å². The molecule has 1 rings (SSSR count). The highest BCUT2D eigenvalue weighted by molar-refractivity contribution is 5.94. The largest absolute Gasteiger partial charge is 0.423 e. The van der Waals surface area contributed by atoms with Crippen LogP contribution in [0.15, 0.2) is 18.2 Å². The lowest BCUT2D eigenvalue weighted by Crippen LogP contribution is -2.30. The number of benzene rings is 1. The summed E-state index contributed by atoms with van der Waals surface area (Å²) < 4.78 is 37.5. The van der Waals surface area contributed by atoms with Crippen LogP contribution in [0.4, 0.5) is 18.9 Å². The maximum Gasteiger partial charge on any atom is 0.423 e. The van der Waals surface area contributed by atoms with Crippen LogP contribution in [0.5, 0.6) is 0 Å². The first-order valence-corrected chi connectivity index (χ1v) is 4.14. The minimum atomic E-state index is -4.92. The van der Waals surface area contributed by atoms with Gasteiger partial charge < -0.3 is 0 Å². The topological polar surface area (TPSA) is 98.3 Å². The Morgan fingerprint density at radius 2 is 2.00 bits per heavy atom. The molecule has 0 aliphatic carbocycles. The predicted molar refractivity (Wildman–Crippen MR) is 49.8 cm³/mol. The van der Waals surface area contributed by atoms with E-state index in [-0.39, 0.29) is 0 Å². The number of carbonyl (C=O) groups is 1. The van der Waals surface area contributed by atoms with E-state index in [1.807, 2.05) is 0 Å². The number of nitrogens with two attached hydrogens (primary N) is 1. The average molecular weight is 249 g/mol. The second kappa shape index (κ2) is 4.37. The average Bonchev–Trinajstić information content (AvgIpc) is 2.25. The molecule has 0 bridgehead atoms. The van der Waals surface area contributed by atoms with Crippen LogP contribution in [-0.4, -0.2) is 10.8 Å². The fraction of sp³-hybridized carbons (Fsp3) is 0.125. The summed E-state index contributed by atoms with van der Waals surface area (Å²) in [6, 6.07) is 1.86. The van der Waals surface area contributed by atoms with E-state index in [2.05, 4.69) is 0 Å². The van der Waals surface area contributed by atoms with Crippen LogP contribution in [-0.2, 0) is 6.18 Å². The minimum Gasteiger partial charge on any atom is -0.290 e. The first-order chi connectivity index (χ1) is 7.77. The van der Waals surface area contributed by atoms with Gasteiger partial charge in [-0.05, 0) is 12.1 Å². The van der Waals surface area contributed by atoms with Crippen molar-refractivity contribution >= 4 is 11.6 Å². The lowest BCUT2D eigenvalue weighted by Gasteiger charge is -2.08. The van der Waals surface area contributed by atoms with Crippen LogP contribution in [0, 0.1) is 10.1 Å². The Hall–Kier alpha value is -2.16. The van der Waals surface area contributed by atoms with Crippen molar-refractivity contribution in [1.29, 1.82) is 0 Å². The molecule has 0 aromatic heterocycles. The van der Waals surface area contributed by atoms with Gasteiger partial charge in [-0.25, -0.2) is 5.84 Å². The molecule has 92 valence electrons.